The SMILES string of the molecule is Cc1ccc(O/C(=C\c2ccc([N+](=O)[O-])cc2)C(N)=O)cc1. The zero-order chi connectivity index (χ0) is 16.1. The number of primary amides is 1. The lowest BCUT2D eigenvalue weighted by Crippen LogP contribution is -2.18. The summed E-state index contributed by atoms with van der Waals surface area (Å²) in [7, 11) is 0. The van der Waals surface area contributed by atoms with Crippen LogP contribution >= 0.6 is 0 Å². The Morgan fingerprint density at radius 1 is 1.14 bits per heavy atom. The van der Waals surface area contributed by atoms with Crippen LogP contribution in [0.2, 0.25) is 0 Å². The Bertz CT molecular complexity index is 719. The third kappa shape index (κ3) is 3.92. The average molecular weight is 298 g/mol. The molecule has 0 bridgehead atoms. The van der Waals surface area contributed by atoms with Crippen molar-refractivity contribution in [3.63, 3.8) is 0 Å². The molecule has 0 aromatic heterocycles. The van der Waals surface area contributed by atoms with Crippen molar-refractivity contribution in [3.8, 4) is 5.75 Å². The van der Waals surface area contributed by atoms with Crippen LogP contribution in [0.15, 0.2) is 54.3 Å². The molecule has 2 N–H and O–H groups in total. The lowest BCUT2D eigenvalue weighted by atomic mass is 10.2. The molecular formula is C16H14N2O4. The number of nitro groups is 1. The van der Waals surface area contributed by atoms with E-state index >= 15 is 0 Å². The third-order valence-corrected chi connectivity index (χ3v) is 2.89. The van der Waals surface area contributed by atoms with Gasteiger partial charge in [-0.05, 0) is 42.8 Å². The van der Waals surface area contributed by atoms with E-state index in [2.05, 4.69) is 0 Å². The van der Waals surface area contributed by atoms with Gasteiger partial charge in [-0.2, -0.15) is 0 Å². The molecule has 0 aliphatic heterocycles. The highest BCUT2D eigenvalue weighted by molar-refractivity contribution is 5.95. The lowest BCUT2D eigenvalue weighted by molar-refractivity contribution is -0.384. The fourth-order valence-corrected chi connectivity index (χ4v) is 1.73. The summed E-state index contributed by atoms with van der Waals surface area (Å²) in [6, 6.07) is 12.9. The molecule has 6 heteroatoms. The molecule has 0 fully saturated rings. The van der Waals surface area contributed by atoms with E-state index in [1.54, 1.807) is 12.1 Å². The summed E-state index contributed by atoms with van der Waals surface area (Å²) >= 11 is 0. The van der Waals surface area contributed by atoms with E-state index in [-0.39, 0.29) is 11.4 Å². The Labute approximate surface area is 127 Å². The highest BCUT2D eigenvalue weighted by Gasteiger charge is 2.09. The third-order valence-electron chi connectivity index (χ3n) is 2.89. The van der Waals surface area contributed by atoms with Crippen molar-refractivity contribution >= 4 is 17.7 Å². The van der Waals surface area contributed by atoms with Crippen LogP contribution in [-0.4, -0.2) is 10.8 Å². The second-order valence-corrected chi connectivity index (χ2v) is 4.64. The first-order valence-corrected chi connectivity index (χ1v) is 6.46. The van der Waals surface area contributed by atoms with Gasteiger partial charge in [0, 0.05) is 12.1 Å². The van der Waals surface area contributed by atoms with Crippen molar-refractivity contribution in [2.24, 2.45) is 5.73 Å². The monoisotopic (exact) mass is 298 g/mol. The Hall–Kier alpha value is -3.15. The molecule has 0 unspecified atom stereocenters. The number of nitrogens with two attached hydrogens (primary N) is 1. The highest BCUT2D eigenvalue weighted by Crippen LogP contribution is 2.18. The smallest absolute Gasteiger partial charge is 0.284 e. The van der Waals surface area contributed by atoms with Gasteiger partial charge < -0.3 is 10.5 Å². The molecule has 2 rings (SSSR count). The first kappa shape index (κ1) is 15.2. The molecule has 0 aliphatic carbocycles. The molecule has 0 aliphatic rings. The second kappa shape index (κ2) is 6.53. The van der Waals surface area contributed by atoms with E-state index in [4.69, 9.17) is 10.5 Å². The number of benzene rings is 2. The quantitative estimate of drug-likeness (QED) is 0.397. The predicted octanol–water partition coefficient (Wildman–Crippen LogP) is 2.81. The van der Waals surface area contributed by atoms with Crippen LogP contribution < -0.4 is 10.5 Å². The van der Waals surface area contributed by atoms with Crippen molar-refractivity contribution < 1.29 is 14.5 Å². The van der Waals surface area contributed by atoms with Gasteiger partial charge in [0.2, 0.25) is 0 Å². The van der Waals surface area contributed by atoms with Crippen molar-refractivity contribution in [1.29, 1.82) is 0 Å². The lowest BCUT2D eigenvalue weighted by Gasteiger charge is -2.07. The minimum absolute atomic E-state index is 0.0303. The predicted molar refractivity (Wildman–Crippen MR) is 82.1 cm³/mol. The maximum atomic E-state index is 11.5. The van der Waals surface area contributed by atoms with Gasteiger partial charge >= 0.3 is 0 Å². The summed E-state index contributed by atoms with van der Waals surface area (Å²) in [5.41, 5.74) is 6.91. The summed E-state index contributed by atoms with van der Waals surface area (Å²) in [6.45, 7) is 1.94. The summed E-state index contributed by atoms with van der Waals surface area (Å²) in [6.07, 6.45) is 1.44. The molecule has 0 saturated heterocycles. The molecule has 2 aromatic carbocycles. The van der Waals surface area contributed by atoms with Gasteiger partial charge in [0.25, 0.3) is 11.6 Å². The molecule has 0 spiro atoms. The fraction of sp³-hybridized carbons (Fsp3) is 0.0625. The van der Waals surface area contributed by atoms with E-state index in [0.29, 0.717) is 11.3 Å². The number of non-ortho nitro benzene ring substituents is 1. The molecule has 0 heterocycles. The van der Waals surface area contributed by atoms with E-state index in [9.17, 15) is 14.9 Å². The van der Waals surface area contributed by atoms with E-state index in [0.717, 1.165) is 5.56 Å². The normalized spacial score (nSPS) is 11.0. The van der Waals surface area contributed by atoms with Crippen molar-refractivity contribution in [1.82, 2.24) is 0 Å². The maximum absolute atomic E-state index is 11.5. The van der Waals surface area contributed by atoms with Crippen molar-refractivity contribution in [2.75, 3.05) is 0 Å². The first-order chi connectivity index (χ1) is 10.5. The summed E-state index contributed by atoms with van der Waals surface area (Å²) in [4.78, 5) is 21.6. The van der Waals surface area contributed by atoms with Crippen LogP contribution in [0.25, 0.3) is 6.08 Å². The summed E-state index contributed by atoms with van der Waals surface area (Å²) in [5, 5.41) is 10.6. The van der Waals surface area contributed by atoms with Gasteiger partial charge in [-0.1, -0.05) is 17.7 Å². The van der Waals surface area contributed by atoms with Gasteiger partial charge in [0.1, 0.15) is 5.75 Å². The van der Waals surface area contributed by atoms with Crippen LogP contribution in [0.5, 0.6) is 5.75 Å². The number of hydrogen-bond donors (Lipinski definition) is 1. The van der Waals surface area contributed by atoms with Crippen LogP contribution in [0.4, 0.5) is 5.69 Å². The number of nitrogens with zero attached hydrogens (tertiary/aromatic N) is 1. The van der Waals surface area contributed by atoms with E-state index in [1.807, 2.05) is 19.1 Å². The number of nitro benzene ring substituents is 1. The Morgan fingerprint density at radius 3 is 2.23 bits per heavy atom. The van der Waals surface area contributed by atoms with Gasteiger partial charge in [-0.3, -0.25) is 14.9 Å². The molecule has 0 atom stereocenters. The molecule has 2 aromatic rings. The fourth-order valence-electron chi connectivity index (χ4n) is 1.73. The van der Waals surface area contributed by atoms with Gasteiger partial charge in [0.15, 0.2) is 5.76 Å². The zero-order valence-corrected chi connectivity index (χ0v) is 11.9. The van der Waals surface area contributed by atoms with E-state index < -0.39 is 10.8 Å². The molecule has 6 nitrogen and oxygen atoms in total. The van der Waals surface area contributed by atoms with Crippen molar-refractivity contribution in [3.05, 3.63) is 75.5 Å². The van der Waals surface area contributed by atoms with Crippen LogP contribution in [0.1, 0.15) is 11.1 Å². The Morgan fingerprint density at radius 2 is 1.73 bits per heavy atom. The van der Waals surface area contributed by atoms with Crippen molar-refractivity contribution in [2.45, 2.75) is 6.92 Å². The highest BCUT2D eigenvalue weighted by atomic mass is 16.6. The number of carbonyl (C=O) groups is 1. The standard InChI is InChI=1S/C16H14N2O4/c1-11-2-8-14(9-3-11)22-15(16(17)19)10-12-4-6-13(7-5-12)18(20)21/h2-10H,1H3,(H2,17,19)/b15-10-. The minimum atomic E-state index is -0.723. The molecule has 1 amide bonds. The molecule has 112 valence electrons. The summed E-state index contributed by atoms with van der Waals surface area (Å²) < 4.78 is 5.47. The number of amides is 1. The van der Waals surface area contributed by atoms with Gasteiger partial charge in [-0.25, -0.2) is 0 Å². The van der Waals surface area contributed by atoms with Gasteiger partial charge in [0.05, 0.1) is 4.92 Å². The average Bonchev–Trinajstić information content (AvgIpc) is 2.49. The largest absolute Gasteiger partial charge is 0.452 e. The Balaban J connectivity index is 2.25. The maximum Gasteiger partial charge on any atom is 0.284 e. The van der Waals surface area contributed by atoms with E-state index in [1.165, 1.54) is 30.3 Å². The Kier molecular flexibility index (Phi) is 4.53. The number of hydrogen-bond acceptors (Lipinski definition) is 4. The molecule has 0 radical (unpaired) electrons. The minimum Gasteiger partial charge on any atom is -0.452 e. The number of rotatable bonds is 5. The van der Waals surface area contributed by atoms with Gasteiger partial charge in [-0.15, -0.1) is 0 Å². The number of ether oxygens (including phenoxy) is 1. The zero-order valence-electron chi connectivity index (χ0n) is 11.9. The summed E-state index contributed by atoms with van der Waals surface area (Å²) in [5.74, 6) is -0.283. The number of aryl methyl sites for hydroxylation is 1. The molecule has 22 heavy (non-hydrogen) atoms. The molecule has 0 saturated carbocycles. The molecular weight excluding hydrogens is 284 g/mol. The van der Waals surface area contributed by atoms with Crippen LogP contribution in [0, 0.1) is 17.0 Å². The topological polar surface area (TPSA) is 95.5 Å². The first-order valence-electron chi connectivity index (χ1n) is 6.46. The van der Waals surface area contributed by atoms with Crippen LogP contribution in [-0.2, 0) is 4.79 Å². The second-order valence-electron chi connectivity index (χ2n) is 4.64. The van der Waals surface area contributed by atoms with Crippen LogP contribution in [0.3, 0.4) is 0 Å². The number of carbonyl (C=O) groups excluding carboxylic acids is 1.